The minimum Gasteiger partial charge on any atom is -0.350 e. The molecule has 1 N–H and O–H groups in total. The monoisotopic (exact) mass is 430 g/mol. The fourth-order valence-corrected chi connectivity index (χ4v) is 3.98. The van der Waals surface area contributed by atoms with Crippen LogP contribution in [0.4, 0.5) is 5.69 Å². The second-order valence-corrected chi connectivity index (χ2v) is 8.19. The molecule has 0 spiro atoms. The minimum atomic E-state index is -0.308. The maximum absolute atomic E-state index is 13.3. The molecular formula is C26H23ClN2O2. The molecule has 0 aromatic heterocycles. The number of imide groups is 1. The fourth-order valence-electron chi connectivity index (χ4n) is 3.85. The van der Waals surface area contributed by atoms with E-state index in [0.717, 1.165) is 27.9 Å². The fraction of sp³-hybridized carbons (Fsp3) is 0.154. The van der Waals surface area contributed by atoms with Crippen molar-refractivity contribution < 1.29 is 9.59 Å². The molecule has 4 nitrogen and oxygen atoms in total. The van der Waals surface area contributed by atoms with Crippen LogP contribution >= 0.6 is 11.6 Å². The lowest BCUT2D eigenvalue weighted by Gasteiger charge is -2.15. The van der Waals surface area contributed by atoms with Crippen molar-refractivity contribution in [1.29, 1.82) is 0 Å². The van der Waals surface area contributed by atoms with E-state index in [1.165, 1.54) is 4.90 Å². The SMILES string of the molecule is Cc1cc(C)cc(NC2=C(c3ccccc3)C(=O)N(CCc3ccc(Cl)cc3)C2=O)c1. The number of nitrogens with zero attached hydrogens (tertiary/aromatic N) is 1. The Morgan fingerprint density at radius 3 is 2.13 bits per heavy atom. The second-order valence-electron chi connectivity index (χ2n) is 7.76. The highest BCUT2D eigenvalue weighted by atomic mass is 35.5. The molecule has 0 bridgehead atoms. The molecule has 0 saturated heterocycles. The van der Waals surface area contributed by atoms with Gasteiger partial charge in [0.15, 0.2) is 0 Å². The lowest BCUT2D eigenvalue weighted by atomic mass is 10.0. The van der Waals surface area contributed by atoms with Crippen LogP contribution in [0.5, 0.6) is 0 Å². The first-order chi connectivity index (χ1) is 14.9. The topological polar surface area (TPSA) is 49.4 Å². The van der Waals surface area contributed by atoms with Crippen LogP contribution in [0, 0.1) is 13.8 Å². The largest absolute Gasteiger partial charge is 0.350 e. The van der Waals surface area contributed by atoms with Crippen LogP contribution in [0.2, 0.25) is 5.02 Å². The van der Waals surface area contributed by atoms with Gasteiger partial charge >= 0.3 is 0 Å². The van der Waals surface area contributed by atoms with Gasteiger partial charge in [-0.2, -0.15) is 0 Å². The van der Waals surface area contributed by atoms with Crippen LogP contribution in [-0.4, -0.2) is 23.3 Å². The highest BCUT2D eigenvalue weighted by Crippen LogP contribution is 2.31. The number of anilines is 1. The Morgan fingerprint density at radius 1 is 0.839 bits per heavy atom. The van der Waals surface area contributed by atoms with Gasteiger partial charge in [-0.1, -0.05) is 60.1 Å². The molecule has 31 heavy (non-hydrogen) atoms. The van der Waals surface area contributed by atoms with E-state index in [1.807, 2.05) is 80.6 Å². The van der Waals surface area contributed by atoms with Crippen LogP contribution in [0.25, 0.3) is 5.57 Å². The molecule has 3 aromatic carbocycles. The Morgan fingerprint density at radius 2 is 1.48 bits per heavy atom. The summed E-state index contributed by atoms with van der Waals surface area (Å²) >= 11 is 5.96. The maximum Gasteiger partial charge on any atom is 0.278 e. The summed E-state index contributed by atoms with van der Waals surface area (Å²) in [6.45, 7) is 4.31. The predicted octanol–water partition coefficient (Wildman–Crippen LogP) is 5.39. The lowest BCUT2D eigenvalue weighted by Crippen LogP contribution is -2.34. The summed E-state index contributed by atoms with van der Waals surface area (Å²) in [6, 6.07) is 22.8. The van der Waals surface area contributed by atoms with Crippen molar-refractivity contribution in [3.05, 3.63) is 106 Å². The normalized spacial score (nSPS) is 13.8. The number of halogens is 1. The molecule has 1 heterocycles. The second kappa shape index (κ2) is 8.78. The molecule has 0 unspecified atom stereocenters. The zero-order valence-corrected chi connectivity index (χ0v) is 18.2. The van der Waals surface area contributed by atoms with E-state index in [2.05, 4.69) is 11.4 Å². The van der Waals surface area contributed by atoms with E-state index >= 15 is 0 Å². The van der Waals surface area contributed by atoms with E-state index in [9.17, 15) is 9.59 Å². The predicted molar refractivity (Wildman–Crippen MR) is 125 cm³/mol. The number of amides is 2. The summed E-state index contributed by atoms with van der Waals surface area (Å²) in [6.07, 6.45) is 0.563. The summed E-state index contributed by atoms with van der Waals surface area (Å²) in [7, 11) is 0. The van der Waals surface area contributed by atoms with Gasteiger partial charge in [0.25, 0.3) is 11.8 Å². The van der Waals surface area contributed by atoms with Gasteiger partial charge in [0.05, 0.1) is 5.57 Å². The Hall–Kier alpha value is -3.37. The number of hydrogen-bond donors (Lipinski definition) is 1. The lowest BCUT2D eigenvalue weighted by molar-refractivity contribution is -0.136. The molecule has 0 fully saturated rings. The number of carbonyl (C=O) groups excluding carboxylic acids is 2. The van der Waals surface area contributed by atoms with Gasteiger partial charge in [0, 0.05) is 17.3 Å². The van der Waals surface area contributed by atoms with Gasteiger partial charge < -0.3 is 5.32 Å². The Labute approximate surface area is 187 Å². The summed E-state index contributed by atoms with van der Waals surface area (Å²) in [5, 5.41) is 3.89. The van der Waals surface area contributed by atoms with E-state index in [-0.39, 0.29) is 11.8 Å². The first-order valence-corrected chi connectivity index (χ1v) is 10.6. The van der Waals surface area contributed by atoms with Crippen molar-refractivity contribution >= 4 is 34.7 Å². The summed E-state index contributed by atoms with van der Waals surface area (Å²) in [4.78, 5) is 27.9. The molecule has 0 saturated carbocycles. The molecule has 156 valence electrons. The van der Waals surface area contributed by atoms with Crippen LogP contribution in [0.3, 0.4) is 0 Å². The number of rotatable bonds is 6. The molecular weight excluding hydrogens is 408 g/mol. The third-order valence-electron chi connectivity index (χ3n) is 5.26. The summed E-state index contributed by atoms with van der Waals surface area (Å²) < 4.78 is 0. The molecule has 5 heteroatoms. The molecule has 4 rings (SSSR count). The molecule has 0 radical (unpaired) electrons. The Bertz CT molecular complexity index is 1150. The Kier molecular flexibility index (Phi) is 5.92. The maximum atomic E-state index is 13.3. The third-order valence-corrected chi connectivity index (χ3v) is 5.51. The molecule has 2 amide bonds. The van der Waals surface area contributed by atoms with E-state index in [0.29, 0.717) is 29.3 Å². The van der Waals surface area contributed by atoms with Gasteiger partial charge in [0.2, 0.25) is 0 Å². The van der Waals surface area contributed by atoms with Crippen LogP contribution < -0.4 is 5.32 Å². The average molecular weight is 431 g/mol. The van der Waals surface area contributed by atoms with Gasteiger partial charge in [-0.15, -0.1) is 0 Å². The third kappa shape index (κ3) is 4.54. The van der Waals surface area contributed by atoms with Gasteiger partial charge in [-0.05, 0) is 66.8 Å². The van der Waals surface area contributed by atoms with E-state index in [1.54, 1.807) is 0 Å². The van der Waals surface area contributed by atoms with Gasteiger partial charge in [0.1, 0.15) is 5.70 Å². The number of aryl methyl sites for hydroxylation is 2. The number of hydrogen-bond acceptors (Lipinski definition) is 3. The Balaban J connectivity index is 1.66. The van der Waals surface area contributed by atoms with Crippen molar-refractivity contribution in [3.8, 4) is 0 Å². The van der Waals surface area contributed by atoms with Crippen LogP contribution in [0.1, 0.15) is 22.3 Å². The van der Waals surface area contributed by atoms with Gasteiger partial charge in [-0.3, -0.25) is 14.5 Å². The molecule has 0 atom stereocenters. The average Bonchev–Trinajstić information content (AvgIpc) is 2.97. The summed E-state index contributed by atoms with van der Waals surface area (Å²) in [5.74, 6) is -0.589. The number of benzene rings is 3. The van der Waals surface area contributed by atoms with Crippen molar-refractivity contribution in [1.82, 2.24) is 4.90 Å². The standard InChI is InChI=1S/C26H23ClN2O2/c1-17-14-18(2)16-22(15-17)28-24-23(20-6-4-3-5-7-20)25(30)29(26(24)31)13-12-19-8-10-21(27)11-9-19/h3-11,14-16,28H,12-13H2,1-2H3. The minimum absolute atomic E-state index is 0.281. The first-order valence-electron chi connectivity index (χ1n) is 10.2. The molecule has 0 aliphatic carbocycles. The highest BCUT2D eigenvalue weighted by Gasteiger charge is 2.38. The number of nitrogens with one attached hydrogen (secondary N) is 1. The molecule has 1 aliphatic heterocycles. The van der Waals surface area contributed by atoms with Crippen molar-refractivity contribution in [3.63, 3.8) is 0 Å². The van der Waals surface area contributed by atoms with E-state index in [4.69, 9.17) is 11.6 Å². The quantitative estimate of drug-likeness (QED) is 0.533. The van der Waals surface area contributed by atoms with Crippen molar-refractivity contribution in [2.75, 3.05) is 11.9 Å². The smallest absolute Gasteiger partial charge is 0.278 e. The first kappa shape index (κ1) is 20.9. The molecule has 3 aromatic rings. The zero-order chi connectivity index (χ0) is 22.0. The summed E-state index contributed by atoms with van der Waals surface area (Å²) in [5.41, 5.74) is 5.42. The molecule has 1 aliphatic rings. The van der Waals surface area contributed by atoms with Crippen LogP contribution in [-0.2, 0) is 16.0 Å². The van der Waals surface area contributed by atoms with Crippen molar-refractivity contribution in [2.24, 2.45) is 0 Å². The van der Waals surface area contributed by atoms with Crippen LogP contribution in [0.15, 0.2) is 78.5 Å². The van der Waals surface area contributed by atoms with Crippen molar-refractivity contribution in [2.45, 2.75) is 20.3 Å². The van der Waals surface area contributed by atoms with E-state index < -0.39 is 0 Å². The zero-order valence-electron chi connectivity index (χ0n) is 17.5. The number of carbonyl (C=O) groups is 2. The van der Waals surface area contributed by atoms with Gasteiger partial charge in [-0.25, -0.2) is 0 Å². The highest BCUT2D eigenvalue weighted by molar-refractivity contribution is 6.36.